The monoisotopic (exact) mass is 257 g/mol. The van der Waals surface area contributed by atoms with Gasteiger partial charge in [-0.3, -0.25) is 4.79 Å². The molecule has 0 aromatic heterocycles. The Kier molecular flexibility index (Phi) is 3.65. The van der Waals surface area contributed by atoms with Crippen molar-refractivity contribution in [1.29, 1.82) is 0 Å². The van der Waals surface area contributed by atoms with E-state index in [1.807, 2.05) is 32.0 Å². The molecular formula is C16H16FNO. The molecule has 19 heavy (non-hydrogen) atoms. The number of hydrogen-bond acceptors (Lipinski definition) is 1. The molecule has 1 amide bonds. The Morgan fingerprint density at radius 2 is 1.63 bits per heavy atom. The molecule has 0 bridgehead atoms. The molecule has 0 unspecified atom stereocenters. The Balaban J connectivity index is 2.28. The normalized spacial score (nSPS) is 10.3. The minimum atomic E-state index is -0.342. The van der Waals surface area contributed by atoms with Gasteiger partial charge >= 0.3 is 0 Å². The summed E-state index contributed by atoms with van der Waals surface area (Å²) in [6.45, 7) is 4.04. The van der Waals surface area contributed by atoms with Gasteiger partial charge in [0.15, 0.2) is 0 Å². The third kappa shape index (κ3) is 2.81. The molecule has 0 saturated carbocycles. The molecule has 98 valence electrons. The second kappa shape index (κ2) is 5.22. The Morgan fingerprint density at radius 3 is 2.21 bits per heavy atom. The molecule has 0 atom stereocenters. The highest BCUT2D eigenvalue weighted by Crippen LogP contribution is 2.19. The number of hydrogen-bond donors (Lipinski definition) is 0. The van der Waals surface area contributed by atoms with E-state index in [-0.39, 0.29) is 11.7 Å². The van der Waals surface area contributed by atoms with E-state index in [0.717, 1.165) is 11.3 Å². The Morgan fingerprint density at radius 1 is 1.00 bits per heavy atom. The number of halogens is 1. The van der Waals surface area contributed by atoms with Crippen LogP contribution in [-0.2, 0) is 0 Å². The molecule has 0 heterocycles. The van der Waals surface area contributed by atoms with E-state index in [9.17, 15) is 9.18 Å². The van der Waals surface area contributed by atoms with E-state index in [2.05, 4.69) is 0 Å². The van der Waals surface area contributed by atoms with Gasteiger partial charge in [-0.05, 0) is 61.4 Å². The SMILES string of the molecule is Cc1ccc(N(C)C(=O)c2ccc(F)cc2)cc1C. The number of anilines is 1. The first kappa shape index (κ1) is 13.3. The summed E-state index contributed by atoms with van der Waals surface area (Å²) in [4.78, 5) is 13.8. The lowest BCUT2D eigenvalue weighted by Crippen LogP contribution is -2.26. The number of benzene rings is 2. The van der Waals surface area contributed by atoms with E-state index in [1.54, 1.807) is 11.9 Å². The van der Waals surface area contributed by atoms with Crippen LogP contribution >= 0.6 is 0 Å². The molecule has 3 heteroatoms. The zero-order valence-electron chi connectivity index (χ0n) is 11.3. The summed E-state index contributed by atoms with van der Waals surface area (Å²) in [5.74, 6) is -0.492. The molecule has 2 nitrogen and oxygen atoms in total. The van der Waals surface area contributed by atoms with Crippen LogP contribution < -0.4 is 4.90 Å². The Bertz CT molecular complexity index is 605. The van der Waals surface area contributed by atoms with Gasteiger partial charge in [0, 0.05) is 18.3 Å². The van der Waals surface area contributed by atoms with Crippen molar-refractivity contribution in [1.82, 2.24) is 0 Å². The third-order valence-corrected chi connectivity index (χ3v) is 3.27. The largest absolute Gasteiger partial charge is 0.311 e. The Hall–Kier alpha value is -2.16. The van der Waals surface area contributed by atoms with Gasteiger partial charge in [0.2, 0.25) is 0 Å². The van der Waals surface area contributed by atoms with Gasteiger partial charge in [-0.15, -0.1) is 0 Å². The van der Waals surface area contributed by atoms with Crippen molar-refractivity contribution >= 4 is 11.6 Å². The van der Waals surface area contributed by atoms with Gasteiger partial charge < -0.3 is 4.90 Å². The van der Waals surface area contributed by atoms with Crippen LogP contribution in [0.1, 0.15) is 21.5 Å². The van der Waals surface area contributed by atoms with Gasteiger partial charge in [-0.25, -0.2) is 4.39 Å². The van der Waals surface area contributed by atoms with Crippen molar-refractivity contribution in [3.63, 3.8) is 0 Å². The topological polar surface area (TPSA) is 20.3 Å². The number of nitrogens with zero attached hydrogens (tertiary/aromatic N) is 1. The lowest BCUT2D eigenvalue weighted by molar-refractivity contribution is 0.0993. The van der Waals surface area contributed by atoms with E-state index >= 15 is 0 Å². The molecule has 0 saturated heterocycles. The standard InChI is InChI=1S/C16H16FNO/c1-11-4-9-15(10-12(11)2)18(3)16(19)13-5-7-14(17)8-6-13/h4-10H,1-3H3. The molecule has 0 N–H and O–H groups in total. The molecular weight excluding hydrogens is 241 g/mol. The average Bonchev–Trinajstić information content (AvgIpc) is 2.41. The first-order valence-corrected chi connectivity index (χ1v) is 6.10. The summed E-state index contributed by atoms with van der Waals surface area (Å²) in [6.07, 6.45) is 0. The summed E-state index contributed by atoms with van der Waals surface area (Å²) in [5.41, 5.74) is 3.63. The van der Waals surface area contributed by atoms with Crippen molar-refractivity contribution in [3.05, 3.63) is 65.0 Å². The molecule has 0 aliphatic rings. The summed E-state index contributed by atoms with van der Waals surface area (Å²) in [6, 6.07) is 11.4. The summed E-state index contributed by atoms with van der Waals surface area (Å²) < 4.78 is 12.8. The summed E-state index contributed by atoms with van der Waals surface area (Å²) >= 11 is 0. The predicted octanol–water partition coefficient (Wildman–Crippen LogP) is 3.72. The molecule has 0 radical (unpaired) electrons. The minimum absolute atomic E-state index is 0.150. The third-order valence-electron chi connectivity index (χ3n) is 3.27. The summed E-state index contributed by atoms with van der Waals surface area (Å²) in [7, 11) is 1.72. The van der Waals surface area contributed by atoms with Crippen molar-refractivity contribution in [3.8, 4) is 0 Å². The number of carbonyl (C=O) groups excluding carboxylic acids is 1. The first-order chi connectivity index (χ1) is 8.99. The van der Waals surface area contributed by atoms with Crippen LogP contribution in [0.25, 0.3) is 0 Å². The second-order valence-corrected chi connectivity index (χ2v) is 4.64. The molecule has 0 aliphatic carbocycles. The van der Waals surface area contributed by atoms with Crippen molar-refractivity contribution in [2.24, 2.45) is 0 Å². The predicted molar refractivity (Wildman–Crippen MR) is 75.0 cm³/mol. The summed E-state index contributed by atoms with van der Waals surface area (Å²) in [5, 5.41) is 0. The molecule has 0 fully saturated rings. The van der Waals surface area contributed by atoms with Crippen molar-refractivity contribution in [2.75, 3.05) is 11.9 Å². The van der Waals surface area contributed by atoms with E-state index < -0.39 is 0 Å². The van der Waals surface area contributed by atoms with Gasteiger partial charge in [-0.2, -0.15) is 0 Å². The fraction of sp³-hybridized carbons (Fsp3) is 0.188. The number of amides is 1. The first-order valence-electron chi connectivity index (χ1n) is 6.10. The van der Waals surface area contributed by atoms with Gasteiger partial charge in [0.1, 0.15) is 5.82 Å². The van der Waals surface area contributed by atoms with Crippen LogP contribution in [0, 0.1) is 19.7 Å². The van der Waals surface area contributed by atoms with Crippen LogP contribution in [0.5, 0.6) is 0 Å². The van der Waals surface area contributed by atoms with Crippen LogP contribution in [0.2, 0.25) is 0 Å². The van der Waals surface area contributed by atoms with Crippen molar-refractivity contribution in [2.45, 2.75) is 13.8 Å². The average molecular weight is 257 g/mol. The highest BCUT2D eigenvalue weighted by atomic mass is 19.1. The lowest BCUT2D eigenvalue weighted by atomic mass is 10.1. The molecule has 0 aliphatic heterocycles. The zero-order valence-corrected chi connectivity index (χ0v) is 11.3. The quantitative estimate of drug-likeness (QED) is 0.803. The molecule has 2 aromatic rings. The van der Waals surface area contributed by atoms with Gasteiger partial charge in [0.25, 0.3) is 5.91 Å². The lowest BCUT2D eigenvalue weighted by Gasteiger charge is -2.18. The second-order valence-electron chi connectivity index (χ2n) is 4.64. The highest BCUT2D eigenvalue weighted by Gasteiger charge is 2.13. The fourth-order valence-electron chi connectivity index (χ4n) is 1.84. The van der Waals surface area contributed by atoms with Gasteiger partial charge in [-0.1, -0.05) is 6.07 Å². The number of rotatable bonds is 2. The van der Waals surface area contributed by atoms with Crippen LogP contribution in [0.3, 0.4) is 0 Å². The Labute approximate surface area is 112 Å². The molecule has 2 rings (SSSR count). The van der Waals surface area contributed by atoms with E-state index in [1.165, 1.54) is 29.8 Å². The van der Waals surface area contributed by atoms with E-state index in [0.29, 0.717) is 5.56 Å². The maximum absolute atomic E-state index is 12.8. The van der Waals surface area contributed by atoms with Crippen LogP contribution in [0.15, 0.2) is 42.5 Å². The van der Waals surface area contributed by atoms with Gasteiger partial charge in [0.05, 0.1) is 0 Å². The van der Waals surface area contributed by atoms with Crippen molar-refractivity contribution < 1.29 is 9.18 Å². The van der Waals surface area contributed by atoms with Crippen LogP contribution in [0.4, 0.5) is 10.1 Å². The van der Waals surface area contributed by atoms with Crippen LogP contribution in [-0.4, -0.2) is 13.0 Å². The fourth-order valence-corrected chi connectivity index (χ4v) is 1.84. The molecule has 0 spiro atoms. The smallest absolute Gasteiger partial charge is 0.258 e. The molecule has 2 aromatic carbocycles. The maximum atomic E-state index is 12.8. The zero-order chi connectivity index (χ0) is 14.0. The van der Waals surface area contributed by atoms with E-state index in [4.69, 9.17) is 0 Å². The highest BCUT2D eigenvalue weighted by molar-refractivity contribution is 6.05. The number of aryl methyl sites for hydroxylation is 2. The minimum Gasteiger partial charge on any atom is -0.311 e. The maximum Gasteiger partial charge on any atom is 0.258 e. The number of carbonyl (C=O) groups is 1.